The summed E-state index contributed by atoms with van der Waals surface area (Å²) in [6.45, 7) is 0.913. The van der Waals surface area contributed by atoms with E-state index in [1.54, 1.807) is 0 Å². The highest BCUT2D eigenvalue weighted by molar-refractivity contribution is 9.10. The summed E-state index contributed by atoms with van der Waals surface area (Å²) in [5.41, 5.74) is 1.23. The van der Waals surface area contributed by atoms with Gasteiger partial charge in [-0.2, -0.15) is 0 Å². The van der Waals surface area contributed by atoms with Crippen molar-refractivity contribution in [3.8, 4) is 0 Å². The Morgan fingerprint density at radius 1 is 1.33 bits per heavy atom. The lowest BCUT2D eigenvalue weighted by Gasteiger charge is -1.93. The minimum Gasteiger partial charge on any atom is -0.316 e. The third-order valence-corrected chi connectivity index (χ3v) is 2.03. The van der Waals surface area contributed by atoms with Crippen LogP contribution >= 0.6 is 15.9 Å². The Labute approximate surface area is 81.6 Å². The minimum absolute atomic E-state index is 0.913. The Kier molecular flexibility index (Phi) is 4.05. The molecule has 2 heteroatoms. The van der Waals surface area contributed by atoms with Gasteiger partial charge in [0.1, 0.15) is 0 Å². The molecule has 1 aromatic rings. The summed E-state index contributed by atoms with van der Waals surface area (Å²) < 4.78 is 1.12. The first-order valence-corrected chi connectivity index (χ1v) is 4.69. The molecule has 0 aliphatic heterocycles. The third-order valence-electron chi connectivity index (χ3n) is 1.50. The number of halogens is 1. The second-order valence-corrected chi connectivity index (χ2v) is 3.43. The molecule has 0 aromatic heterocycles. The molecule has 1 rings (SSSR count). The van der Waals surface area contributed by atoms with Crippen LogP contribution in [0.15, 0.2) is 34.8 Å². The van der Waals surface area contributed by atoms with Crippen LogP contribution in [-0.2, 0) is 0 Å². The second-order valence-electron chi connectivity index (χ2n) is 2.51. The molecule has 0 bridgehead atoms. The van der Waals surface area contributed by atoms with E-state index in [-0.39, 0.29) is 0 Å². The lowest BCUT2D eigenvalue weighted by atomic mass is 10.2. The lowest BCUT2D eigenvalue weighted by molar-refractivity contribution is 0.922. The van der Waals surface area contributed by atoms with Gasteiger partial charge in [0.15, 0.2) is 0 Å². The first kappa shape index (κ1) is 9.49. The first-order chi connectivity index (χ1) is 5.83. The summed E-state index contributed by atoms with van der Waals surface area (Å²) in [7, 11) is 1.94. The Bertz CT molecular complexity index is 251. The Hall–Kier alpha value is -0.600. The zero-order valence-corrected chi connectivity index (χ0v) is 8.64. The molecule has 64 valence electrons. The third kappa shape index (κ3) is 3.20. The fourth-order valence-corrected chi connectivity index (χ4v) is 1.15. The molecule has 1 nitrogen and oxygen atoms in total. The van der Waals surface area contributed by atoms with Gasteiger partial charge in [-0.25, -0.2) is 0 Å². The van der Waals surface area contributed by atoms with Gasteiger partial charge in [0, 0.05) is 11.0 Å². The molecular weight excluding hydrogens is 214 g/mol. The van der Waals surface area contributed by atoms with Gasteiger partial charge in [-0.05, 0) is 24.7 Å². The highest BCUT2D eigenvalue weighted by Gasteiger charge is 1.85. The number of likely N-dealkylation sites (N-methyl/N-ethyl adjacent to an activating group) is 1. The fourth-order valence-electron chi connectivity index (χ4n) is 0.887. The molecular formula is C10H12BrN. The normalized spacial score (nSPS) is 10.8. The number of hydrogen-bond donors (Lipinski definition) is 1. The van der Waals surface area contributed by atoms with Crippen molar-refractivity contribution in [2.24, 2.45) is 0 Å². The van der Waals surface area contributed by atoms with E-state index >= 15 is 0 Å². The number of nitrogens with one attached hydrogen (secondary N) is 1. The number of hydrogen-bond acceptors (Lipinski definition) is 1. The quantitative estimate of drug-likeness (QED) is 0.835. The summed E-state index contributed by atoms with van der Waals surface area (Å²) in [4.78, 5) is 0. The van der Waals surface area contributed by atoms with Gasteiger partial charge in [-0.3, -0.25) is 0 Å². The van der Waals surface area contributed by atoms with Crippen molar-refractivity contribution < 1.29 is 0 Å². The van der Waals surface area contributed by atoms with Crippen molar-refractivity contribution in [3.63, 3.8) is 0 Å². The van der Waals surface area contributed by atoms with Crippen LogP contribution < -0.4 is 5.32 Å². The van der Waals surface area contributed by atoms with Crippen LogP contribution in [0, 0.1) is 0 Å². The van der Waals surface area contributed by atoms with E-state index in [0.717, 1.165) is 11.0 Å². The van der Waals surface area contributed by atoms with E-state index in [4.69, 9.17) is 0 Å². The molecule has 0 atom stereocenters. The van der Waals surface area contributed by atoms with Gasteiger partial charge in [0.2, 0.25) is 0 Å². The average Bonchev–Trinajstić information content (AvgIpc) is 2.09. The van der Waals surface area contributed by atoms with Gasteiger partial charge >= 0.3 is 0 Å². The van der Waals surface area contributed by atoms with Gasteiger partial charge in [0.25, 0.3) is 0 Å². The van der Waals surface area contributed by atoms with Crippen molar-refractivity contribution in [2.45, 2.75) is 0 Å². The SMILES string of the molecule is CNC/C=C/c1ccc(Br)cc1. The smallest absolute Gasteiger partial charge is 0.0175 e. The topological polar surface area (TPSA) is 12.0 Å². The summed E-state index contributed by atoms with van der Waals surface area (Å²) >= 11 is 3.39. The van der Waals surface area contributed by atoms with Crippen molar-refractivity contribution in [1.82, 2.24) is 5.32 Å². The van der Waals surface area contributed by atoms with E-state index in [9.17, 15) is 0 Å². The highest BCUT2D eigenvalue weighted by atomic mass is 79.9. The van der Waals surface area contributed by atoms with E-state index in [2.05, 4.69) is 45.5 Å². The van der Waals surface area contributed by atoms with Crippen molar-refractivity contribution in [1.29, 1.82) is 0 Å². The summed E-state index contributed by atoms with van der Waals surface area (Å²) in [6.07, 6.45) is 4.20. The molecule has 0 saturated heterocycles. The first-order valence-electron chi connectivity index (χ1n) is 3.89. The molecule has 1 aromatic carbocycles. The van der Waals surface area contributed by atoms with Crippen LogP contribution in [0.4, 0.5) is 0 Å². The molecule has 1 N–H and O–H groups in total. The highest BCUT2D eigenvalue weighted by Crippen LogP contribution is 2.11. The molecule has 0 fully saturated rings. The monoisotopic (exact) mass is 225 g/mol. The van der Waals surface area contributed by atoms with Crippen molar-refractivity contribution >= 4 is 22.0 Å². The van der Waals surface area contributed by atoms with Crippen LogP contribution in [-0.4, -0.2) is 13.6 Å². The Morgan fingerprint density at radius 3 is 2.58 bits per heavy atom. The molecule has 12 heavy (non-hydrogen) atoms. The van der Waals surface area contributed by atoms with Crippen LogP contribution in [0.2, 0.25) is 0 Å². The predicted octanol–water partition coefficient (Wildman–Crippen LogP) is 2.68. The van der Waals surface area contributed by atoms with Gasteiger partial charge < -0.3 is 5.32 Å². The largest absolute Gasteiger partial charge is 0.316 e. The van der Waals surface area contributed by atoms with Gasteiger partial charge in [-0.1, -0.05) is 40.2 Å². The second kappa shape index (κ2) is 5.12. The minimum atomic E-state index is 0.913. The molecule has 0 amide bonds. The van der Waals surface area contributed by atoms with E-state index in [0.29, 0.717) is 0 Å². The number of benzene rings is 1. The van der Waals surface area contributed by atoms with E-state index in [1.807, 2.05) is 19.2 Å². The zero-order chi connectivity index (χ0) is 8.81. The van der Waals surface area contributed by atoms with Crippen LogP contribution in [0.5, 0.6) is 0 Å². The molecule has 0 aliphatic rings. The van der Waals surface area contributed by atoms with Gasteiger partial charge in [0.05, 0.1) is 0 Å². The standard InChI is InChI=1S/C10H12BrN/c1-12-8-2-3-9-4-6-10(11)7-5-9/h2-7,12H,8H2,1H3/b3-2+. The summed E-state index contributed by atoms with van der Waals surface area (Å²) in [6, 6.07) is 8.24. The molecule has 0 radical (unpaired) electrons. The number of rotatable bonds is 3. The molecule has 0 spiro atoms. The maximum Gasteiger partial charge on any atom is 0.0175 e. The Morgan fingerprint density at radius 2 is 2.00 bits per heavy atom. The van der Waals surface area contributed by atoms with Gasteiger partial charge in [-0.15, -0.1) is 0 Å². The average molecular weight is 226 g/mol. The molecule has 0 heterocycles. The van der Waals surface area contributed by atoms with Crippen LogP contribution in [0.25, 0.3) is 6.08 Å². The molecule has 0 saturated carbocycles. The summed E-state index contributed by atoms with van der Waals surface area (Å²) in [5.74, 6) is 0. The zero-order valence-electron chi connectivity index (χ0n) is 7.05. The van der Waals surface area contributed by atoms with E-state index in [1.165, 1.54) is 5.56 Å². The predicted molar refractivity (Wildman–Crippen MR) is 57.1 cm³/mol. The maximum absolute atomic E-state index is 3.39. The van der Waals surface area contributed by atoms with Crippen molar-refractivity contribution in [3.05, 3.63) is 40.4 Å². The van der Waals surface area contributed by atoms with E-state index < -0.39 is 0 Å². The lowest BCUT2D eigenvalue weighted by Crippen LogP contribution is -2.03. The summed E-state index contributed by atoms with van der Waals surface area (Å²) in [5, 5.41) is 3.05. The Balaban J connectivity index is 2.58. The molecule has 0 aliphatic carbocycles. The molecule has 0 unspecified atom stereocenters. The maximum atomic E-state index is 3.39. The fraction of sp³-hybridized carbons (Fsp3) is 0.200. The van der Waals surface area contributed by atoms with Crippen LogP contribution in [0.3, 0.4) is 0 Å². The van der Waals surface area contributed by atoms with Crippen molar-refractivity contribution in [2.75, 3.05) is 13.6 Å². The van der Waals surface area contributed by atoms with Crippen LogP contribution in [0.1, 0.15) is 5.56 Å².